The molecule has 0 aliphatic carbocycles. The summed E-state index contributed by atoms with van der Waals surface area (Å²) in [6, 6.07) is 5.42. The van der Waals surface area contributed by atoms with Crippen LogP contribution < -0.4 is 4.74 Å². The van der Waals surface area contributed by atoms with Crippen molar-refractivity contribution in [3.8, 4) is 5.75 Å². The van der Waals surface area contributed by atoms with Gasteiger partial charge >= 0.3 is 0 Å². The van der Waals surface area contributed by atoms with Gasteiger partial charge in [-0.05, 0) is 32.0 Å². The van der Waals surface area contributed by atoms with Crippen LogP contribution in [0, 0.1) is 0 Å². The quantitative estimate of drug-likeness (QED) is 0.571. The average molecular weight is 301 g/mol. The number of ketones is 1. The van der Waals surface area contributed by atoms with Crippen LogP contribution in [0.15, 0.2) is 22.7 Å². The lowest BCUT2D eigenvalue weighted by Gasteiger charge is -2.10. The number of carbonyl (C=O) groups is 1. The standard InChI is InChI=1S/C13H17BrO3/c1-3-16-7-4-8-17-13-9-11(14)5-6-12(13)10(2)15/h5-6,9H,3-4,7-8H2,1-2H3. The van der Waals surface area contributed by atoms with Gasteiger partial charge in [0.1, 0.15) is 5.75 Å². The summed E-state index contributed by atoms with van der Waals surface area (Å²) in [5.41, 5.74) is 0.615. The van der Waals surface area contributed by atoms with E-state index in [2.05, 4.69) is 15.9 Å². The normalized spacial score (nSPS) is 10.3. The Hall–Kier alpha value is -0.870. The van der Waals surface area contributed by atoms with Crippen LogP contribution in [-0.2, 0) is 4.74 Å². The van der Waals surface area contributed by atoms with Crippen molar-refractivity contribution < 1.29 is 14.3 Å². The molecule has 0 amide bonds. The number of Topliss-reactive ketones (excluding diaryl/α,β-unsaturated/α-hetero) is 1. The molecule has 0 unspecified atom stereocenters. The molecule has 0 atom stereocenters. The minimum absolute atomic E-state index is 0.0114. The summed E-state index contributed by atoms with van der Waals surface area (Å²) in [4.78, 5) is 11.4. The molecule has 0 saturated carbocycles. The molecule has 94 valence electrons. The molecule has 0 aliphatic heterocycles. The Morgan fingerprint density at radius 1 is 1.35 bits per heavy atom. The third kappa shape index (κ3) is 4.88. The fraction of sp³-hybridized carbons (Fsp3) is 0.462. The Bertz CT molecular complexity index is 377. The Morgan fingerprint density at radius 3 is 2.76 bits per heavy atom. The van der Waals surface area contributed by atoms with Crippen LogP contribution in [0.5, 0.6) is 5.75 Å². The second-order valence-corrected chi connectivity index (χ2v) is 4.51. The summed E-state index contributed by atoms with van der Waals surface area (Å²) in [5, 5.41) is 0. The number of rotatable bonds is 7. The molecule has 0 radical (unpaired) electrons. The predicted molar refractivity (Wildman–Crippen MR) is 70.8 cm³/mol. The molecule has 17 heavy (non-hydrogen) atoms. The average Bonchev–Trinajstić information content (AvgIpc) is 2.28. The SMILES string of the molecule is CCOCCCOc1cc(Br)ccc1C(C)=O. The third-order valence-electron chi connectivity index (χ3n) is 2.22. The number of hydrogen-bond donors (Lipinski definition) is 0. The van der Waals surface area contributed by atoms with Gasteiger partial charge in [-0.2, -0.15) is 0 Å². The number of ether oxygens (including phenoxy) is 2. The fourth-order valence-electron chi connectivity index (χ4n) is 1.39. The molecule has 0 fully saturated rings. The molecular weight excluding hydrogens is 284 g/mol. The van der Waals surface area contributed by atoms with Gasteiger partial charge < -0.3 is 9.47 Å². The molecule has 4 heteroatoms. The lowest BCUT2D eigenvalue weighted by atomic mass is 10.1. The molecule has 1 aromatic rings. The smallest absolute Gasteiger partial charge is 0.163 e. The zero-order valence-corrected chi connectivity index (χ0v) is 11.7. The largest absolute Gasteiger partial charge is 0.493 e. The van der Waals surface area contributed by atoms with Crippen LogP contribution in [0.1, 0.15) is 30.6 Å². The zero-order chi connectivity index (χ0) is 12.7. The van der Waals surface area contributed by atoms with Crippen LogP contribution in [0.3, 0.4) is 0 Å². The van der Waals surface area contributed by atoms with E-state index < -0.39 is 0 Å². The van der Waals surface area contributed by atoms with Crippen molar-refractivity contribution in [2.24, 2.45) is 0 Å². The molecule has 0 heterocycles. The van der Waals surface area contributed by atoms with E-state index in [1.54, 1.807) is 6.07 Å². The topological polar surface area (TPSA) is 35.5 Å². The molecule has 0 N–H and O–H groups in total. The highest BCUT2D eigenvalue weighted by Gasteiger charge is 2.08. The van der Waals surface area contributed by atoms with Gasteiger partial charge in [-0.15, -0.1) is 0 Å². The van der Waals surface area contributed by atoms with Crippen LogP contribution >= 0.6 is 15.9 Å². The molecule has 0 spiro atoms. The number of carbonyl (C=O) groups excluding carboxylic acids is 1. The summed E-state index contributed by atoms with van der Waals surface area (Å²) >= 11 is 3.36. The Kier molecular flexibility index (Phi) is 6.22. The highest BCUT2D eigenvalue weighted by molar-refractivity contribution is 9.10. The van der Waals surface area contributed by atoms with Crippen molar-refractivity contribution in [1.82, 2.24) is 0 Å². The van der Waals surface area contributed by atoms with Crippen molar-refractivity contribution in [3.63, 3.8) is 0 Å². The molecule has 0 bridgehead atoms. The third-order valence-corrected chi connectivity index (χ3v) is 2.71. The van der Waals surface area contributed by atoms with Crippen LogP contribution in [0.2, 0.25) is 0 Å². The lowest BCUT2D eigenvalue weighted by Crippen LogP contribution is -2.05. The number of hydrogen-bond acceptors (Lipinski definition) is 3. The molecule has 0 aliphatic rings. The van der Waals surface area contributed by atoms with Gasteiger partial charge in [-0.25, -0.2) is 0 Å². The molecule has 0 aromatic heterocycles. The van der Waals surface area contributed by atoms with E-state index in [9.17, 15) is 4.79 Å². The predicted octanol–water partition coefficient (Wildman–Crippen LogP) is 3.46. The van der Waals surface area contributed by atoms with Crippen molar-refractivity contribution in [2.75, 3.05) is 19.8 Å². The van der Waals surface area contributed by atoms with Crippen molar-refractivity contribution >= 4 is 21.7 Å². The molecule has 1 rings (SSSR count). The first-order valence-electron chi connectivity index (χ1n) is 5.66. The molecule has 1 aromatic carbocycles. The maximum Gasteiger partial charge on any atom is 0.163 e. The van der Waals surface area contributed by atoms with Gasteiger partial charge in [-0.3, -0.25) is 4.79 Å². The van der Waals surface area contributed by atoms with E-state index >= 15 is 0 Å². The second-order valence-electron chi connectivity index (χ2n) is 3.60. The van der Waals surface area contributed by atoms with E-state index in [-0.39, 0.29) is 5.78 Å². The van der Waals surface area contributed by atoms with Crippen molar-refractivity contribution in [1.29, 1.82) is 0 Å². The first kappa shape index (κ1) is 14.2. The summed E-state index contributed by atoms with van der Waals surface area (Å²) in [6.07, 6.45) is 0.817. The molecule has 0 saturated heterocycles. The zero-order valence-electron chi connectivity index (χ0n) is 10.2. The summed E-state index contributed by atoms with van der Waals surface area (Å²) in [7, 11) is 0. The van der Waals surface area contributed by atoms with E-state index in [0.29, 0.717) is 24.5 Å². The van der Waals surface area contributed by atoms with Crippen molar-refractivity contribution in [2.45, 2.75) is 20.3 Å². The second kappa shape index (κ2) is 7.45. The van der Waals surface area contributed by atoms with E-state index in [1.807, 2.05) is 19.1 Å². The number of benzene rings is 1. The first-order valence-corrected chi connectivity index (χ1v) is 6.45. The van der Waals surface area contributed by atoms with E-state index in [0.717, 1.165) is 17.5 Å². The summed E-state index contributed by atoms with van der Waals surface area (Å²) in [5.74, 6) is 0.640. The van der Waals surface area contributed by atoms with Gasteiger partial charge in [0.2, 0.25) is 0 Å². The van der Waals surface area contributed by atoms with Gasteiger partial charge in [0.25, 0.3) is 0 Å². The maximum atomic E-state index is 11.4. The van der Waals surface area contributed by atoms with Gasteiger partial charge in [-0.1, -0.05) is 15.9 Å². The number of halogens is 1. The first-order chi connectivity index (χ1) is 8.15. The van der Waals surface area contributed by atoms with E-state index in [1.165, 1.54) is 6.92 Å². The van der Waals surface area contributed by atoms with Gasteiger partial charge in [0.15, 0.2) is 5.78 Å². The maximum absolute atomic E-state index is 11.4. The van der Waals surface area contributed by atoms with Crippen molar-refractivity contribution in [3.05, 3.63) is 28.2 Å². The monoisotopic (exact) mass is 300 g/mol. The highest BCUT2D eigenvalue weighted by atomic mass is 79.9. The Labute approximate surface area is 110 Å². The van der Waals surface area contributed by atoms with Crippen LogP contribution in [0.4, 0.5) is 0 Å². The van der Waals surface area contributed by atoms with Crippen LogP contribution in [0.25, 0.3) is 0 Å². The van der Waals surface area contributed by atoms with Gasteiger partial charge in [0, 0.05) is 24.1 Å². The van der Waals surface area contributed by atoms with Gasteiger partial charge in [0.05, 0.1) is 12.2 Å². The van der Waals surface area contributed by atoms with Crippen LogP contribution in [-0.4, -0.2) is 25.6 Å². The highest BCUT2D eigenvalue weighted by Crippen LogP contribution is 2.24. The summed E-state index contributed by atoms with van der Waals surface area (Å²) < 4.78 is 11.7. The Morgan fingerprint density at radius 2 is 2.12 bits per heavy atom. The van der Waals surface area contributed by atoms with E-state index in [4.69, 9.17) is 9.47 Å². The Balaban J connectivity index is 2.56. The molecular formula is C13H17BrO3. The molecule has 3 nitrogen and oxygen atoms in total. The minimum atomic E-state index is 0.0114. The lowest BCUT2D eigenvalue weighted by molar-refractivity contribution is 0.101. The fourth-order valence-corrected chi connectivity index (χ4v) is 1.73. The summed E-state index contributed by atoms with van der Waals surface area (Å²) in [6.45, 7) is 5.45. The minimum Gasteiger partial charge on any atom is -0.493 e.